The SMILES string of the molecule is FCCNc1nc(Cl)nc2c(F)c(Cl)ncc12. The van der Waals surface area contributed by atoms with Crippen LogP contribution in [0.4, 0.5) is 14.6 Å². The van der Waals surface area contributed by atoms with Crippen molar-refractivity contribution in [2.45, 2.75) is 0 Å². The molecule has 0 aliphatic carbocycles. The smallest absolute Gasteiger partial charge is 0.225 e. The number of pyridine rings is 1. The van der Waals surface area contributed by atoms with E-state index in [1.165, 1.54) is 6.20 Å². The molecule has 1 N–H and O–H groups in total. The Balaban J connectivity index is 2.64. The van der Waals surface area contributed by atoms with Crippen molar-refractivity contribution in [3.05, 3.63) is 22.5 Å². The summed E-state index contributed by atoms with van der Waals surface area (Å²) >= 11 is 11.2. The molecule has 0 unspecified atom stereocenters. The van der Waals surface area contributed by atoms with Crippen LogP contribution in [0.25, 0.3) is 10.9 Å². The first-order chi connectivity index (χ1) is 8.13. The zero-order valence-corrected chi connectivity index (χ0v) is 9.86. The van der Waals surface area contributed by atoms with E-state index >= 15 is 0 Å². The fourth-order valence-electron chi connectivity index (χ4n) is 1.31. The van der Waals surface area contributed by atoms with Gasteiger partial charge in [-0.2, -0.15) is 0 Å². The lowest BCUT2D eigenvalue weighted by atomic mass is 10.3. The summed E-state index contributed by atoms with van der Waals surface area (Å²) in [5.41, 5.74) is -0.0497. The van der Waals surface area contributed by atoms with Gasteiger partial charge in [-0.05, 0) is 11.6 Å². The van der Waals surface area contributed by atoms with Gasteiger partial charge in [0.15, 0.2) is 11.0 Å². The van der Waals surface area contributed by atoms with Gasteiger partial charge in [0, 0.05) is 12.7 Å². The maximum Gasteiger partial charge on any atom is 0.225 e. The van der Waals surface area contributed by atoms with Gasteiger partial charge in [0.1, 0.15) is 18.0 Å². The molecule has 0 spiro atoms. The fraction of sp³-hybridized carbons (Fsp3) is 0.222. The molecule has 2 aromatic rings. The fourth-order valence-corrected chi connectivity index (χ4v) is 1.62. The summed E-state index contributed by atoms with van der Waals surface area (Å²) in [4.78, 5) is 11.2. The molecule has 2 aromatic heterocycles. The second kappa shape index (κ2) is 4.93. The lowest BCUT2D eigenvalue weighted by Crippen LogP contribution is -2.07. The second-order valence-corrected chi connectivity index (χ2v) is 3.78. The summed E-state index contributed by atoms with van der Waals surface area (Å²) in [6.07, 6.45) is 1.30. The van der Waals surface area contributed by atoms with Crippen LogP contribution >= 0.6 is 23.2 Å². The average molecular weight is 279 g/mol. The molecule has 0 radical (unpaired) electrons. The molecule has 0 fully saturated rings. The van der Waals surface area contributed by atoms with Crippen LogP contribution in [-0.4, -0.2) is 28.2 Å². The lowest BCUT2D eigenvalue weighted by Gasteiger charge is -2.07. The highest BCUT2D eigenvalue weighted by Gasteiger charge is 2.13. The Labute approximate surface area is 105 Å². The number of rotatable bonds is 3. The normalized spacial score (nSPS) is 10.8. The number of nitrogens with zero attached hydrogens (tertiary/aromatic N) is 3. The third kappa shape index (κ3) is 2.37. The summed E-state index contributed by atoms with van der Waals surface area (Å²) < 4.78 is 25.7. The predicted octanol–water partition coefficient (Wildman–Crippen LogP) is 2.85. The van der Waals surface area contributed by atoms with E-state index in [1.54, 1.807) is 0 Å². The van der Waals surface area contributed by atoms with Crippen molar-refractivity contribution < 1.29 is 8.78 Å². The Kier molecular flexibility index (Phi) is 3.54. The van der Waals surface area contributed by atoms with Crippen molar-refractivity contribution in [1.29, 1.82) is 0 Å². The summed E-state index contributed by atoms with van der Waals surface area (Å²) in [6, 6.07) is 0. The molecule has 0 aliphatic heterocycles. The maximum absolute atomic E-state index is 13.6. The third-order valence-electron chi connectivity index (χ3n) is 2.00. The van der Waals surface area contributed by atoms with Crippen LogP contribution in [-0.2, 0) is 0 Å². The van der Waals surface area contributed by atoms with E-state index < -0.39 is 12.5 Å². The van der Waals surface area contributed by atoms with Crippen LogP contribution in [0, 0.1) is 5.82 Å². The largest absolute Gasteiger partial charge is 0.367 e. The number of aromatic nitrogens is 3. The molecule has 0 bridgehead atoms. The number of hydrogen-bond donors (Lipinski definition) is 1. The highest BCUT2D eigenvalue weighted by molar-refractivity contribution is 6.30. The van der Waals surface area contributed by atoms with Crippen LogP contribution < -0.4 is 5.32 Å². The zero-order valence-electron chi connectivity index (χ0n) is 8.35. The van der Waals surface area contributed by atoms with Gasteiger partial charge in [0.2, 0.25) is 5.28 Å². The summed E-state index contributed by atoms with van der Waals surface area (Å²) in [6.45, 7) is -0.556. The molecule has 2 heterocycles. The van der Waals surface area contributed by atoms with E-state index in [9.17, 15) is 8.78 Å². The molecule has 0 amide bonds. The molecule has 4 nitrogen and oxygen atoms in total. The molecular formula is C9H6Cl2F2N4. The highest BCUT2D eigenvalue weighted by Crippen LogP contribution is 2.26. The minimum atomic E-state index is -0.781. The number of fused-ring (bicyclic) bond motifs is 1. The van der Waals surface area contributed by atoms with E-state index in [0.29, 0.717) is 5.39 Å². The van der Waals surface area contributed by atoms with E-state index in [2.05, 4.69) is 20.3 Å². The zero-order chi connectivity index (χ0) is 12.4. The molecule has 0 aliphatic rings. The van der Waals surface area contributed by atoms with E-state index in [4.69, 9.17) is 23.2 Å². The van der Waals surface area contributed by atoms with E-state index in [-0.39, 0.29) is 28.3 Å². The second-order valence-electron chi connectivity index (χ2n) is 3.08. The maximum atomic E-state index is 13.6. The van der Waals surface area contributed by atoms with Crippen molar-refractivity contribution in [3.8, 4) is 0 Å². The number of anilines is 1. The van der Waals surface area contributed by atoms with Gasteiger partial charge < -0.3 is 5.32 Å². The summed E-state index contributed by atoms with van der Waals surface area (Å²) in [5, 5.41) is 2.51. The van der Waals surface area contributed by atoms with Gasteiger partial charge in [0.25, 0.3) is 0 Å². The Morgan fingerprint density at radius 1 is 1.29 bits per heavy atom. The van der Waals surface area contributed by atoms with E-state index in [1.807, 2.05) is 0 Å². The molecular weight excluding hydrogens is 273 g/mol. The molecule has 0 saturated heterocycles. The average Bonchev–Trinajstić information content (AvgIpc) is 2.31. The first kappa shape index (κ1) is 12.2. The minimum absolute atomic E-state index is 0.0344. The number of alkyl halides is 1. The topological polar surface area (TPSA) is 50.7 Å². The molecule has 2 rings (SSSR count). The van der Waals surface area contributed by atoms with Gasteiger partial charge in [0.05, 0.1) is 5.39 Å². The van der Waals surface area contributed by atoms with Crippen LogP contribution in [0.5, 0.6) is 0 Å². The molecule has 0 atom stereocenters. The van der Waals surface area contributed by atoms with Crippen LogP contribution in [0.3, 0.4) is 0 Å². The van der Waals surface area contributed by atoms with Crippen LogP contribution in [0.2, 0.25) is 10.4 Å². The van der Waals surface area contributed by atoms with Crippen LogP contribution in [0.15, 0.2) is 6.20 Å². The van der Waals surface area contributed by atoms with Crippen molar-refractivity contribution in [2.75, 3.05) is 18.5 Å². The van der Waals surface area contributed by atoms with Crippen LogP contribution in [0.1, 0.15) is 0 Å². The minimum Gasteiger partial charge on any atom is -0.367 e. The summed E-state index contributed by atoms with van der Waals surface area (Å²) in [7, 11) is 0. The Hall–Kier alpha value is -1.27. The molecule has 0 aromatic carbocycles. The Morgan fingerprint density at radius 2 is 2.06 bits per heavy atom. The van der Waals surface area contributed by atoms with Crippen molar-refractivity contribution >= 4 is 39.9 Å². The van der Waals surface area contributed by atoms with Crippen molar-refractivity contribution in [1.82, 2.24) is 15.0 Å². The molecule has 0 saturated carbocycles. The molecule has 90 valence electrons. The number of halogens is 4. The van der Waals surface area contributed by atoms with Gasteiger partial charge >= 0.3 is 0 Å². The first-order valence-electron chi connectivity index (χ1n) is 4.60. The standard InChI is InChI=1S/C9H6Cl2F2N4/c10-7-5(13)6-4(3-15-7)8(14-2-1-12)17-9(11)16-6/h3H,1-2H2,(H,14,16,17). The quantitative estimate of drug-likeness (QED) is 0.693. The van der Waals surface area contributed by atoms with Gasteiger partial charge in [-0.15, -0.1) is 0 Å². The summed E-state index contributed by atoms with van der Waals surface area (Å²) in [5.74, 6) is -0.558. The van der Waals surface area contributed by atoms with Crippen molar-refractivity contribution in [3.63, 3.8) is 0 Å². The predicted molar refractivity (Wildman–Crippen MR) is 61.8 cm³/mol. The van der Waals surface area contributed by atoms with Gasteiger partial charge in [-0.3, -0.25) is 0 Å². The highest BCUT2D eigenvalue weighted by atomic mass is 35.5. The van der Waals surface area contributed by atoms with E-state index in [0.717, 1.165) is 0 Å². The van der Waals surface area contributed by atoms with Gasteiger partial charge in [-0.1, -0.05) is 11.6 Å². The molecule has 8 heteroatoms. The van der Waals surface area contributed by atoms with Crippen molar-refractivity contribution in [2.24, 2.45) is 0 Å². The monoisotopic (exact) mass is 278 g/mol. The molecule has 17 heavy (non-hydrogen) atoms. The number of nitrogens with one attached hydrogen (secondary N) is 1. The van der Waals surface area contributed by atoms with Gasteiger partial charge in [-0.25, -0.2) is 23.7 Å². The Bertz CT molecular complexity index is 564. The first-order valence-corrected chi connectivity index (χ1v) is 5.36. The number of hydrogen-bond acceptors (Lipinski definition) is 4. The third-order valence-corrected chi connectivity index (χ3v) is 2.43. The lowest BCUT2D eigenvalue weighted by molar-refractivity contribution is 0.512. The Morgan fingerprint density at radius 3 is 2.76 bits per heavy atom.